The molecule has 6 aromatic rings. The smallest absolute Gasteiger partial charge is 0.338 e. The first-order valence-corrected chi connectivity index (χ1v) is 16.4. The van der Waals surface area contributed by atoms with Crippen molar-refractivity contribution < 1.29 is 19.1 Å². The average Bonchev–Trinajstić information content (AvgIpc) is 3.51. The molecule has 0 atom stereocenters. The number of fused-ring (bicyclic) bond motifs is 3. The molecule has 0 saturated carbocycles. The van der Waals surface area contributed by atoms with Crippen molar-refractivity contribution >= 4 is 55.6 Å². The first-order valence-electron chi connectivity index (χ1n) is 16.4. The Kier molecular flexibility index (Phi) is 7.60. The fourth-order valence-corrected chi connectivity index (χ4v) is 7.02. The molecular weight excluding hydrogens is 574 g/mol. The van der Waals surface area contributed by atoms with E-state index >= 15 is 0 Å². The molecule has 5 heterocycles. The molecule has 0 fully saturated rings. The Balaban J connectivity index is 1.41. The molecule has 3 aliphatic rings. The second-order valence-electron chi connectivity index (χ2n) is 13.3. The van der Waals surface area contributed by atoms with Gasteiger partial charge in [-0.2, -0.15) is 0 Å². The van der Waals surface area contributed by atoms with Crippen LogP contribution in [0.4, 0.5) is 0 Å². The standard InChI is InChI=1S/C39H41N3O4/c1-6-45-37(43)27-11-15-35-31(21-27)29-19-25-9-13-33(29)41(35)17-8-18-42-34-14-10-26(24-40(23-25)39(3,4)5)20-30(34)32-22-28(12-16-36(32)42)38(44)46-7-2/h9-16,19-22H,6-8,17-18,23-24H2,1-5H3. The van der Waals surface area contributed by atoms with E-state index in [1.54, 1.807) is 0 Å². The number of aromatic nitrogens is 2. The highest BCUT2D eigenvalue weighted by atomic mass is 16.5. The zero-order valence-corrected chi connectivity index (χ0v) is 27.4. The van der Waals surface area contributed by atoms with Crippen molar-refractivity contribution in [3.05, 3.63) is 95.1 Å². The third-order valence-corrected chi connectivity index (χ3v) is 9.34. The minimum Gasteiger partial charge on any atom is -0.462 e. The van der Waals surface area contributed by atoms with Gasteiger partial charge in [0.05, 0.1) is 24.3 Å². The van der Waals surface area contributed by atoms with E-state index in [0.29, 0.717) is 24.3 Å². The Morgan fingerprint density at radius 3 is 1.39 bits per heavy atom. The van der Waals surface area contributed by atoms with E-state index in [4.69, 9.17) is 9.47 Å². The number of ether oxygens (including phenoxy) is 2. The molecule has 9 rings (SSSR count). The monoisotopic (exact) mass is 615 g/mol. The lowest BCUT2D eigenvalue weighted by molar-refractivity contribution is 0.0517. The second kappa shape index (κ2) is 11.6. The Labute approximate surface area is 269 Å². The molecule has 0 aliphatic carbocycles. The molecule has 7 heteroatoms. The Hall–Kier alpha value is -4.62. The summed E-state index contributed by atoms with van der Waals surface area (Å²) in [7, 11) is 0. The molecule has 0 unspecified atom stereocenters. The van der Waals surface area contributed by atoms with Gasteiger partial charge in [-0.1, -0.05) is 12.1 Å². The quantitative estimate of drug-likeness (QED) is 0.186. The van der Waals surface area contributed by atoms with Gasteiger partial charge in [0.2, 0.25) is 0 Å². The average molecular weight is 616 g/mol. The van der Waals surface area contributed by atoms with E-state index in [1.165, 1.54) is 22.2 Å². The van der Waals surface area contributed by atoms with E-state index in [2.05, 4.69) is 83.3 Å². The highest BCUT2D eigenvalue weighted by molar-refractivity contribution is 6.11. The lowest BCUT2D eigenvalue weighted by atomic mass is 10.0. The summed E-state index contributed by atoms with van der Waals surface area (Å²) in [6.07, 6.45) is 0.901. The van der Waals surface area contributed by atoms with Gasteiger partial charge in [-0.05, 0) is 113 Å². The normalized spacial score (nSPS) is 14.5. The van der Waals surface area contributed by atoms with Gasteiger partial charge in [-0.3, -0.25) is 4.90 Å². The summed E-state index contributed by atoms with van der Waals surface area (Å²) in [6, 6.07) is 25.5. The van der Waals surface area contributed by atoms with Crippen molar-refractivity contribution in [1.82, 2.24) is 14.0 Å². The molecule has 0 spiro atoms. The summed E-state index contributed by atoms with van der Waals surface area (Å²) in [4.78, 5) is 28.0. The van der Waals surface area contributed by atoms with Gasteiger partial charge in [0.15, 0.2) is 0 Å². The predicted molar refractivity (Wildman–Crippen MR) is 184 cm³/mol. The number of rotatable bonds is 4. The van der Waals surface area contributed by atoms with Crippen molar-refractivity contribution in [1.29, 1.82) is 0 Å². The first-order chi connectivity index (χ1) is 22.2. The number of benzene rings is 4. The van der Waals surface area contributed by atoms with Crippen molar-refractivity contribution in [2.45, 2.75) is 72.8 Å². The molecule has 8 bridgehead atoms. The summed E-state index contributed by atoms with van der Waals surface area (Å²) in [5, 5.41) is 4.45. The highest BCUT2D eigenvalue weighted by Gasteiger charge is 2.24. The van der Waals surface area contributed by atoms with E-state index in [1.807, 2.05) is 38.1 Å². The van der Waals surface area contributed by atoms with Gasteiger partial charge in [0.25, 0.3) is 0 Å². The summed E-state index contributed by atoms with van der Waals surface area (Å²) >= 11 is 0. The van der Waals surface area contributed by atoms with Crippen LogP contribution in [0.2, 0.25) is 0 Å². The van der Waals surface area contributed by atoms with Crippen LogP contribution < -0.4 is 0 Å². The molecule has 0 amide bonds. The van der Waals surface area contributed by atoms with Gasteiger partial charge in [0.1, 0.15) is 0 Å². The van der Waals surface area contributed by atoms with Gasteiger partial charge in [-0.15, -0.1) is 0 Å². The Morgan fingerprint density at radius 1 is 0.609 bits per heavy atom. The minimum atomic E-state index is -0.294. The SMILES string of the molecule is CCOC(=O)c1ccc2c(c1)c1cc3ccc1n2CCCn1c2ccc(cc2c2cc(C(=O)OCC)ccc21)CN(C(C)(C)C)C3. The van der Waals surface area contributed by atoms with Crippen molar-refractivity contribution in [2.75, 3.05) is 13.2 Å². The van der Waals surface area contributed by atoms with Crippen molar-refractivity contribution in [3.63, 3.8) is 0 Å². The molecule has 7 nitrogen and oxygen atoms in total. The molecule has 0 radical (unpaired) electrons. The number of hydrogen-bond acceptors (Lipinski definition) is 5. The van der Waals surface area contributed by atoms with Crippen LogP contribution in [0.25, 0.3) is 43.6 Å². The van der Waals surface area contributed by atoms with Crippen LogP contribution in [0.5, 0.6) is 0 Å². The van der Waals surface area contributed by atoms with Crippen molar-refractivity contribution in [3.8, 4) is 0 Å². The zero-order valence-electron chi connectivity index (χ0n) is 27.4. The van der Waals surface area contributed by atoms with Crippen LogP contribution in [0, 0.1) is 0 Å². The number of esters is 2. The van der Waals surface area contributed by atoms with E-state index < -0.39 is 0 Å². The summed E-state index contributed by atoms with van der Waals surface area (Å²) in [5.41, 5.74) is 8.07. The topological polar surface area (TPSA) is 65.7 Å². The number of carbonyl (C=O) groups excluding carboxylic acids is 2. The van der Waals surface area contributed by atoms with Gasteiger partial charge >= 0.3 is 11.9 Å². The number of carbonyl (C=O) groups is 2. The lowest BCUT2D eigenvalue weighted by Gasteiger charge is -2.36. The molecule has 0 N–H and O–H groups in total. The van der Waals surface area contributed by atoms with Crippen LogP contribution in [0.15, 0.2) is 72.8 Å². The van der Waals surface area contributed by atoms with Crippen LogP contribution >= 0.6 is 0 Å². The van der Waals surface area contributed by atoms with E-state index in [-0.39, 0.29) is 17.5 Å². The molecule has 3 aliphatic heterocycles. The van der Waals surface area contributed by atoms with Crippen LogP contribution in [-0.2, 0) is 35.7 Å². The number of hydrogen-bond donors (Lipinski definition) is 0. The van der Waals surface area contributed by atoms with Gasteiger partial charge in [-0.25, -0.2) is 9.59 Å². The molecule has 2 aromatic heterocycles. The molecule has 236 valence electrons. The van der Waals surface area contributed by atoms with Gasteiger partial charge < -0.3 is 18.6 Å². The van der Waals surface area contributed by atoms with Crippen LogP contribution in [-0.4, -0.2) is 44.7 Å². The molecule has 4 aromatic carbocycles. The molecule has 0 saturated heterocycles. The third-order valence-electron chi connectivity index (χ3n) is 9.34. The Bertz CT molecular complexity index is 2000. The summed E-state index contributed by atoms with van der Waals surface area (Å²) < 4.78 is 15.5. The zero-order chi connectivity index (χ0) is 32.2. The fourth-order valence-electron chi connectivity index (χ4n) is 7.02. The van der Waals surface area contributed by atoms with Crippen LogP contribution in [0.1, 0.15) is 72.9 Å². The maximum Gasteiger partial charge on any atom is 0.338 e. The Morgan fingerprint density at radius 2 is 1.00 bits per heavy atom. The first kappa shape index (κ1) is 30.1. The van der Waals surface area contributed by atoms with E-state index in [0.717, 1.165) is 65.2 Å². The maximum atomic E-state index is 12.7. The number of aryl methyl sites for hydroxylation is 2. The largest absolute Gasteiger partial charge is 0.462 e. The summed E-state index contributed by atoms with van der Waals surface area (Å²) in [5.74, 6) is -0.587. The molecule has 46 heavy (non-hydrogen) atoms. The molecular formula is C39H41N3O4. The lowest BCUT2D eigenvalue weighted by Crippen LogP contribution is -2.40. The second-order valence-corrected chi connectivity index (χ2v) is 13.3. The number of nitrogens with zero attached hydrogens (tertiary/aromatic N) is 3. The highest BCUT2D eigenvalue weighted by Crippen LogP contribution is 2.35. The van der Waals surface area contributed by atoms with Crippen molar-refractivity contribution in [2.24, 2.45) is 0 Å². The fraction of sp³-hybridized carbons (Fsp3) is 0.333. The maximum absolute atomic E-state index is 12.7. The summed E-state index contributed by atoms with van der Waals surface area (Å²) in [6.45, 7) is 14.3. The minimum absolute atomic E-state index is 0.0918. The van der Waals surface area contributed by atoms with E-state index in [9.17, 15) is 9.59 Å². The predicted octanol–water partition coefficient (Wildman–Crippen LogP) is 8.46. The van der Waals surface area contributed by atoms with Gasteiger partial charge in [0, 0.05) is 75.3 Å². The third kappa shape index (κ3) is 5.22. The van der Waals surface area contributed by atoms with Crippen LogP contribution in [0.3, 0.4) is 0 Å².